The first-order valence-electron chi connectivity index (χ1n) is 6.11. The lowest BCUT2D eigenvalue weighted by Crippen LogP contribution is -2.19. The van der Waals surface area contributed by atoms with Gasteiger partial charge in [0.25, 0.3) is 0 Å². The topological polar surface area (TPSA) is 71.2 Å². The van der Waals surface area contributed by atoms with E-state index >= 15 is 0 Å². The van der Waals surface area contributed by atoms with Crippen LogP contribution in [0.2, 0.25) is 0 Å². The molecule has 0 bridgehead atoms. The number of aliphatic hydroxyl groups is 2. The first kappa shape index (κ1) is 12.3. The van der Waals surface area contributed by atoms with Crippen LogP contribution >= 0.6 is 0 Å². The molecule has 3 rings (SSSR count). The third kappa shape index (κ3) is 2.50. The van der Waals surface area contributed by atoms with Crippen LogP contribution in [0.4, 0.5) is 4.39 Å². The molecule has 0 atom stereocenters. The van der Waals surface area contributed by atoms with Gasteiger partial charge in [0.05, 0.1) is 36.3 Å². The molecule has 1 aliphatic carbocycles. The Morgan fingerprint density at radius 3 is 2.68 bits per heavy atom. The molecule has 0 aromatic carbocycles. The Hall–Kier alpha value is -1.79. The first-order valence-corrected chi connectivity index (χ1v) is 6.11. The summed E-state index contributed by atoms with van der Waals surface area (Å²) >= 11 is 0. The van der Waals surface area contributed by atoms with E-state index in [-0.39, 0.29) is 6.61 Å². The molecule has 0 spiro atoms. The van der Waals surface area contributed by atoms with Gasteiger partial charge in [-0.25, -0.2) is 4.39 Å². The summed E-state index contributed by atoms with van der Waals surface area (Å²) in [6.07, 6.45) is 2.63. The van der Waals surface area contributed by atoms with Gasteiger partial charge in [0.15, 0.2) is 0 Å². The van der Waals surface area contributed by atoms with Crippen LogP contribution in [0.3, 0.4) is 0 Å². The number of rotatable bonds is 4. The van der Waals surface area contributed by atoms with E-state index in [1.165, 1.54) is 12.1 Å². The van der Waals surface area contributed by atoms with Gasteiger partial charge in [-0.2, -0.15) is 5.10 Å². The van der Waals surface area contributed by atoms with E-state index in [9.17, 15) is 14.6 Å². The van der Waals surface area contributed by atoms with Gasteiger partial charge in [-0.05, 0) is 31.0 Å². The summed E-state index contributed by atoms with van der Waals surface area (Å²) in [5.74, 6) is -0.405. The summed E-state index contributed by atoms with van der Waals surface area (Å²) in [5, 5.41) is 23.5. The van der Waals surface area contributed by atoms with Gasteiger partial charge >= 0.3 is 0 Å². The van der Waals surface area contributed by atoms with Crippen molar-refractivity contribution in [2.24, 2.45) is 0 Å². The Labute approximate surface area is 109 Å². The number of aromatic nitrogens is 3. The quantitative estimate of drug-likeness (QED) is 0.866. The van der Waals surface area contributed by atoms with Gasteiger partial charge in [-0.15, -0.1) is 0 Å². The van der Waals surface area contributed by atoms with Crippen molar-refractivity contribution in [2.75, 3.05) is 0 Å². The summed E-state index contributed by atoms with van der Waals surface area (Å²) in [4.78, 5) is 3.95. The molecule has 5 nitrogen and oxygen atoms in total. The molecule has 0 unspecified atom stereocenters. The molecule has 1 saturated carbocycles. The van der Waals surface area contributed by atoms with Crippen molar-refractivity contribution in [3.05, 3.63) is 35.9 Å². The van der Waals surface area contributed by atoms with Crippen LogP contribution in [-0.4, -0.2) is 30.6 Å². The molecule has 2 aromatic rings. The smallest absolute Gasteiger partial charge is 0.141 e. The van der Waals surface area contributed by atoms with E-state index in [1.807, 2.05) is 0 Å². The summed E-state index contributed by atoms with van der Waals surface area (Å²) in [7, 11) is 0. The second-order valence-electron chi connectivity index (χ2n) is 4.92. The molecule has 19 heavy (non-hydrogen) atoms. The van der Waals surface area contributed by atoms with E-state index in [2.05, 4.69) is 10.1 Å². The lowest BCUT2D eigenvalue weighted by atomic mass is 10.2. The largest absolute Gasteiger partial charge is 0.390 e. The SMILES string of the molecule is OCc1cc(-c2ccc(F)cn2)nn1CC1(O)CC1. The minimum Gasteiger partial charge on any atom is -0.390 e. The minimum absolute atomic E-state index is 0.162. The highest BCUT2D eigenvalue weighted by Crippen LogP contribution is 2.37. The van der Waals surface area contributed by atoms with Crippen LogP contribution in [0.1, 0.15) is 18.5 Å². The zero-order valence-electron chi connectivity index (χ0n) is 10.3. The van der Waals surface area contributed by atoms with E-state index in [4.69, 9.17) is 0 Å². The molecule has 6 heteroatoms. The lowest BCUT2D eigenvalue weighted by molar-refractivity contribution is 0.121. The van der Waals surface area contributed by atoms with Crippen molar-refractivity contribution >= 4 is 0 Å². The van der Waals surface area contributed by atoms with Gasteiger partial charge in [-0.1, -0.05) is 0 Å². The van der Waals surface area contributed by atoms with Crippen LogP contribution in [0.5, 0.6) is 0 Å². The van der Waals surface area contributed by atoms with Gasteiger partial charge in [0.1, 0.15) is 11.5 Å². The highest BCUT2D eigenvalue weighted by atomic mass is 19.1. The average molecular weight is 263 g/mol. The Morgan fingerprint density at radius 2 is 2.11 bits per heavy atom. The summed E-state index contributed by atoms with van der Waals surface area (Å²) in [6.45, 7) is 0.203. The van der Waals surface area contributed by atoms with Crippen LogP contribution in [0.25, 0.3) is 11.4 Å². The molecule has 0 saturated heterocycles. The average Bonchev–Trinajstić information content (AvgIpc) is 2.98. The van der Waals surface area contributed by atoms with Crippen LogP contribution in [0.15, 0.2) is 24.4 Å². The fraction of sp³-hybridized carbons (Fsp3) is 0.385. The van der Waals surface area contributed by atoms with Crippen LogP contribution < -0.4 is 0 Å². The number of pyridine rings is 1. The summed E-state index contributed by atoms with van der Waals surface area (Å²) < 4.78 is 14.4. The monoisotopic (exact) mass is 263 g/mol. The van der Waals surface area contributed by atoms with Crippen molar-refractivity contribution in [2.45, 2.75) is 31.6 Å². The highest BCUT2D eigenvalue weighted by molar-refractivity contribution is 5.54. The molecule has 2 N–H and O–H groups in total. The molecule has 1 aliphatic rings. The predicted molar refractivity (Wildman–Crippen MR) is 65.5 cm³/mol. The van der Waals surface area contributed by atoms with Gasteiger partial charge in [-0.3, -0.25) is 9.67 Å². The number of nitrogens with zero attached hydrogens (tertiary/aromatic N) is 3. The van der Waals surface area contributed by atoms with Gasteiger partial charge in [0, 0.05) is 0 Å². The third-order valence-corrected chi connectivity index (χ3v) is 3.29. The summed E-state index contributed by atoms with van der Waals surface area (Å²) in [6, 6.07) is 4.55. The molecular formula is C13H14FN3O2. The molecule has 0 amide bonds. The van der Waals surface area contributed by atoms with Crippen molar-refractivity contribution < 1.29 is 14.6 Å². The maximum Gasteiger partial charge on any atom is 0.141 e. The van der Waals surface area contributed by atoms with E-state index in [0.29, 0.717) is 23.6 Å². The predicted octanol–water partition coefficient (Wildman–Crippen LogP) is 1.10. The van der Waals surface area contributed by atoms with Gasteiger partial charge < -0.3 is 10.2 Å². The molecule has 2 heterocycles. The molecule has 100 valence electrons. The van der Waals surface area contributed by atoms with E-state index in [1.54, 1.807) is 10.7 Å². The lowest BCUT2D eigenvalue weighted by Gasteiger charge is -2.09. The molecule has 0 aliphatic heterocycles. The maximum atomic E-state index is 12.8. The van der Waals surface area contributed by atoms with E-state index < -0.39 is 11.4 Å². The molecule has 1 fully saturated rings. The third-order valence-electron chi connectivity index (χ3n) is 3.29. The van der Waals surface area contributed by atoms with Crippen molar-refractivity contribution in [3.63, 3.8) is 0 Å². The normalized spacial score (nSPS) is 16.6. The number of hydrogen-bond donors (Lipinski definition) is 2. The van der Waals surface area contributed by atoms with Crippen molar-refractivity contribution in [1.82, 2.24) is 14.8 Å². The fourth-order valence-electron chi connectivity index (χ4n) is 1.95. The second kappa shape index (κ2) is 4.40. The van der Waals surface area contributed by atoms with Crippen LogP contribution in [-0.2, 0) is 13.2 Å². The standard InChI is InChI=1S/C13H14FN3O2/c14-9-1-2-11(15-6-9)12-5-10(7-18)17(16-12)8-13(19)3-4-13/h1-2,5-6,18-19H,3-4,7-8H2. The molecule has 0 radical (unpaired) electrons. The highest BCUT2D eigenvalue weighted by Gasteiger charge is 2.41. The fourth-order valence-corrected chi connectivity index (χ4v) is 1.95. The Balaban J connectivity index is 1.92. The molecular weight excluding hydrogens is 249 g/mol. The van der Waals surface area contributed by atoms with Crippen molar-refractivity contribution in [3.8, 4) is 11.4 Å². The number of aliphatic hydroxyl groups excluding tert-OH is 1. The van der Waals surface area contributed by atoms with Gasteiger partial charge in [0.2, 0.25) is 0 Å². The second-order valence-corrected chi connectivity index (χ2v) is 4.92. The van der Waals surface area contributed by atoms with Crippen LogP contribution in [0, 0.1) is 5.82 Å². The molecule has 2 aromatic heterocycles. The number of halogens is 1. The Kier molecular flexibility index (Phi) is 2.83. The Morgan fingerprint density at radius 1 is 1.32 bits per heavy atom. The number of hydrogen-bond acceptors (Lipinski definition) is 4. The van der Waals surface area contributed by atoms with E-state index in [0.717, 1.165) is 19.0 Å². The Bertz CT molecular complexity index is 590. The zero-order valence-corrected chi connectivity index (χ0v) is 10.3. The first-order chi connectivity index (χ1) is 9.09. The zero-order chi connectivity index (χ0) is 13.5. The maximum absolute atomic E-state index is 12.8. The minimum atomic E-state index is -0.691. The van der Waals surface area contributed by atoms with Crippen molar-refractivity contribution in [1.29, 1.82) is 0 Å². The summed E-state index contributed by atoms with van der Waals surface area (Å²) in [5.41, 5.74) is 1.02.